The lowest BCUT2D eigenvalue weighted by Crippen LogP contribution is -2.35. The zero-order valence-corrected chi connectivity index (χ0v) is 18.4. The third-order valence-electron chi connectivity index (χ3n) is 5.28. The van der Waals surface area contributed by atoms with Crippen LogP contribution in [0.4, 0.5) is 5.69 Å². The lowest BCUT2D eigenvalue weighted by atomic mass is 10.1. The van der Waals surface area contributed by atoms with Crippen LogP contribution in [0.1, 0.15) is 37.8 Å². The Morgan fingerprint density at radius 2 is 2.07 bits per heavy atom. The van der Waals surface area contributed by atoms with E-state index in [-0.39, 0.29) is 6.61 Å². The minimum Gasteiger partial charge on any atom is -0.497 e. The van der Waals surface area contributed by atoms with Gasteiger partial charge >= 0.3 is 0 Å². The van der Waals surface area contributed by atoms with Crippen molar-refractivity contribution >= 4 is 22.8 Å². The number of allylic oxidation sites excluding steroid dienone is 1. The van der Waals surface area contributed by atoms with E-state index >= 15 is 0 Å². The molecule has 0 bridgehead atoms. The molecular formula is C23H30N4O3. The van der Waals surface area contributed by atoms with E-state index in [1.807, 2.05) is 49.9 Å². The first kappa shape index (κ1) is 21.6. The Morgan fingerprint density at radius 3 is 2.67 bits per heavy atom. The van der Waals surface area contributed by atoms with Crippen molar-refractivity contribution < 1.29 is 14.0 Å². The molecule has 0 spiro atoms. The lowest BCUT2D eigenvalue weighted by Gasteiger charge is -2.29. The average molecular weight is 411 g/mol. The number of anilines is 1. The molecule has 2 heterocycles. The van der Waals surface area contributed by atoms with Gasteiger partial charge < -0.3 is 23.8 Å². The molecule has 0 saturated heterocycles. The van der Waals surface area contributed by atoms with Gasteiger partial charge in [-0.1, -0.05) is 11.7 Å². The highest BCUT2D eigenvalue weighted by molar-refractivity contribution is 5.94. The fourth-order valence-corrected chi connectivity index (χ4v) is 3.63. The van der Waals surface area contributed by atoms with Crippen molar-refractivity contribution in [1.82, 2.24) is 10.1 Å². The first-order chi connectivity index (χ1) is 14.4. The predicted molar refractivity (Wildman–Crippen MR) is 120 cm³/mol. The predicted octanol–water partition coefficient (Wildman–Crippen LogP) is 4.55. The average Bonchev–Trinajstić information content (AvgIpc) is 3.15. The minimum absolute atomic E-state index is 0.217. The minimum atomic E-state index is 0.217. The fourth-order valence-electron chi connectivity index (χ4n) is 3.63. The van der Waals surface area contributed by atoms with E-state index in [1.165, 1.54) is 0 Å². The number of hydrogen-bond donors (Lipinski definition) is 1. The van der Waals surface area contributed by atoms with Crippen LogP contribution in [-0.4, -0.2) is 49.3 Å². The van der Waals surface area contributed by atoms with Crippen molar-refractivity contribution in [1.29, 1.82) is 5.41 Å². The number of nitrogens with zero attached hydrogens (tertiary/aromatic N) is 3. The molecule has 30 heavy (non-hydrogen) atoms. The Morgan fingerprint density at radius 1 is 1.30 bits per heavy atom. The number of rotatable bonds is 6. The Kier molecular flexibility index (Phi) is 6.62. The topological polar surface area (TPSA) is 74.8 Å². The quantitative estimate of drug-likeness (QED) is 0.556. The van der Waals surface area contributed by atoms with Crippen LogP contribution in [0.25, 0.3) is 11.3 Å². The fraction of sp³-hybridized carbons (Fsp3) is 0.391. The maximum atomic E-state index is 8.65. The molecule has 1 aromatic carbocycles. The van der Waals surface area contributed by atoms with E-state index in [0.717, 1.165) is 52.0 Å². The first-order valence-electron chi connectivity index (χ1n) is 10.1. The maximum absolute atomic E-state index is 8.65. The normalized spacial score (nSPS) is 15.7. The van der Waals surface area contributed by atoms with Crippen molar-refractivity contribution in [2.75, 3.05) is 38.3 Å². The van der Waals surface area contributed by atoms with Crippen LogP contribution in [0, 0.1) is 12.3 Å². The van der Waals surface area contributed by atoms with Crippen LogP contribution in [0.5, 0.6) is 5.75 Å². The summed E-state index contributed by atoms with van der Waals surface area (Å²) in [4.78, 5) is 4.13. The molecule has 0 fully saturated rings. The highest BCUT2D eigenvalue weighted by Gasteiger charge is 2.29. The summed E-state index contributed by atoms with van der Waals surface area (Å²) in [6, 6.07) is 7.89. The largest absolute Gasteiger partial charge is 0.497 e. The molecule has 0 atom stereocenters. The summed E-state index contributed by atoms with van der Waals surface area (Å²) in [7, 11) is 1.65. The van der Waals surface area contributed by atoms with Gasteiger partial charge in [-0.05, 0) is 45.9 Å². The lowest BCUT2D eigenvalue weighted by molar-refractivity contribution is 0.181. The van der Waals surface area contributed by atoms with Crippen LogP contribution in [0.15, 0.2) is 41.1 Å². The Labute approximate surface area is 178 Å². The molecular weight excluding hydrogens is 380 g/mol. The smallest absolute Gasteiger partial charge is 0.164 e. The van der Waals surface area contributed by atoms with E-state index in [0.29, 0.717) is 19.0 Å². The number of ether oxygens (including phenoxy) is 2. The SMILES string of the molecule is C=C1c2cc(OC)ccc2N(CC)/C(=C(\C)c2cc(C)no2)CN1C(=N)COCC. The van der Waals surface area contributed by atoms with Crippen LogP contribution in [-0.2, 0) is 4.74 Å². The standard InChI is InChI=1S/C23H30N4O3/c1-7-26-20-10-9-18(28-6)12-19(20)17(5)27(23(24)14-29-8-2)13-21(26)16(4)22-11-15(3)25-30-22/h9-12,24H,5,7-8,13-14H2,1-4,6H3/b21-16+,24-23?. The van der Waals surface area contributed by atoms with Crippen molar-refractivity contribution in [3.8, 4) is 5.75 Å². The van der Waals surface area contributed by atoms with Gasteiger partial charge in [-0.2, -0.15) is 0 Å². The molecule has 0 amide bonds. The van der Waals surface area contributed by atoms with Gasteiger partial charge in [0.05, 0.1) is 25.0 Å². The molecule has 1 aliphatic heterocycles. The first-order valence-corrected chi connectivity index (χ1v) is 10.1. The number of likely N-dealkylation sites (N-methyl/N-ethyl adjacent to an activating group) is 1. The summed E-state index contributed by atoms with van der Waals surface area (Å²) in [6.07, 6.45) is 0. The second-order valence-corrected chi connectivity index (χ2v) is 7.15. The third kappa shape index (κ3) is 4.11. The van der Waals surface area contributed by atoms with Crippen LogP contribution in [0.3, 0.4) is 0 Å². The second-order valence-electron chi connectivity index (χ2n) is 7.15. The Hall–Kier alpha value is -3.06. The van der Waals surface area contributed by atoms with Crippen molar-refractivity contribution in [3.63, 3.8) is 0 Å². The molecule has 7 nitrogen and oxygen atoms in total. The molecule has 0 unspecified atom stereocenters. The summed E-state index contributed by atoms with van der Waals surface area (Å²) >= 11 is 0. The van der Waals surface area contributed by atoms with Gasteiger partial charge in [0.1, 0.15) is 18.2 Å². The van der Waals surface area contributed by atoms with Crippen LogP contribution in [0.2, 0.25) is 0 Å². The number of amidine groups is 1. The molecule has 0 saturated carbocycles. The van der Waals surface area contributed by atoms with E-state index < -0.39 is 0 Å². The van der Waals surface area contributed by atoms with Gasteiger partial charge in [-0.25, -0.2) is 0 Å². The van der Waals surface area contributed by atoms with Gasteiger partial charge in [0.15, 0.2) is 5.76 Å². The Balaban J connectivity index is 2.19. The third-order valence-corrected chi connectivity index (χ3v) is 5.28. The molecule has 1 aliphatic rings. The van der Waals surface area contributed by atoms with Crippen LogP contribution >= 0.6 is 0 Å². The summed E-state index contributed by atoms with van der Waals surface area (Å²) in [5, 5.41) is 12.7. The second kappa shape index (κ2) is 9.17. The van der Waals surface area contributed by atoms with Crippen LogP contribution < -0.4 is 9.64 Å². The molecule has 3 rings (SSSR count). The zero-order chi connectivity index (χ0) is 21.8. The molecule has 0 aliphatic carbocycles. The van der Waals surface area contributed by atoms with E-state index in [9.17, 15) is 0 Å². The maximum Gasteiger partial charge on any atom is 0.164 e. The highest BCUT2D eigenvalue weighted by atomic mass is 16.5. The molecule has 1 N–H and O–H groups in total. The van der Waals surface area contributed by atoms with Crippen molar-refractivity contribution in [3.05, 3.63) is 53.6 Å². The molecule has 7 heteroatoms. The molecule has 2 aromatic rings. The van der Waals surface area contributed by atoms with E-state index in [1.54, 1.807) is 7.11 Å². The molecule has 1 aromatic heterocycles. The van der Waals surface area contributed by atoms with Crippen molar-refractivity contribution in [2.24, 2.45) is 0 Å². The number of nitrogens with one attached hydrogen (secondary N) is 1. The number of hydrogen-bond acceptors (Lipinski definition) is 6. The summed E-state index contributed by atoms with van der Waals surface area (Å²) in [5.74, 6) is 1.82. The summed E-state index contributed by atoms with van der Waals surface area (Å²) < 4.78 is 16.5. The zero-order valence-electron chi connectivity index (χ0n) is 18.4. The monoisotopic (exact) mass is 410 g/mol. The van der Waals surface area contributed by atoms with Gasteiger partial charge in [-0.15, -0.1) is 0 Å². The number of aromatic nitrogens is 1. The highest BCUT2D eigenvalue weighted by Crippen LogP contribution is 2.39. The number of fused-ring (bicyclic) bond motifs is 1. The number of aryl methyl sites for hydroxylation is 1. The number of methoxy groups -OCH3 is 1. The van der Waals surface area contributed by atoms with E-state index in [2.05, 4.69) is 23.6 Å². The molecule has 0 radical (unpaired) electrons. The summed E-state index contributed by atoms with van der Waals surface area (Å²) in [5.41, 5.74) is 5.51. The molecule has 160 valence electrons. The Bertz CT molecular complexity index is 977. The van der Waals surface area contributed by atoms with Crippen molar-refractivity contribution in [2.45, 2.75) is 27.7 Å². The van der Waals surface area contributed by atoms with Gasteiger partial charge in [0.2, 0.25) is 0 Å². The number of benzene rings is 1. The van der Waals surface area contributed by atoms with Gasteiger partial charge in [0.25, 0.3) is 0 Å². The van der Waals surface area contributed by atoms with E-state index in [4.69, 9.17) is 19.4 Å². The van der Waals surface area contributed by atoms with Gasteiger partial charge in [-0.3, -0.25) is 5.41 Å². The van der Waals surface area contributed by atoms with Gasteiger partial charge in [0, 0.05) is 41.7 Å². The summed E-state index contributed by atoms with van der Waals surface area (Å²) in [6.45, 7) is 14.3.